The molecule has 100 valence electrons. The molecule has 0 heterocycles. The Morgan fingerprint density at radius 1 is 1.29 bits per heavy atom. The molecule has 1 saturated carbocycles. The van der Waals surface area contributed by atoms with Crippen LogP contribution in [0.15, 0.2) is 0 Å². The fraction of sp³-hybridized carbons (Fsp3) is 0.923. The molecule has 1 aliphatic carbocycles. The maximum Gasteiger partial charge on any atom is 0.220 e. The molecule has 0 aromatic carbocycles. The Labute approximate surface area is 103 Å². The molecule has 0 radical (unpaired) electrons. The summed E-state index contributed by atoms with van der Waals surface area (Å²) in [5.41, 5.74) is -0.386. The Morgan fingerprint density at radius 2 is 1.94 bits per heavy atom. The predicted octanol–water partition coefficient (Wildman–Crippen LogP) is 1.21. The first-order chi connectivity index (χ1) is 8.12. The van der Waals surface area contributed by atoms with Crippen molar-refractivity contribution in [1.29, 1.82) is 0 Å². The van der Waals surface area contributed by atoms with Crippen molar-refractivity contribution < 1.29 is 15.0 Å². The summed E-state index contributed by atoms with van der Waals surface area (Å²) in [6, 6.07) is 0. The highest BCUT2D eigenvalue weighted by molar-refractivity contribution is 5.76. The van der Waals surface area contributed by atoms with Crippen molar-refractivity contribution in [2.45, 2.75) is 57.4 Å². The van der Waals surface area contributed by atoms with Gasteiger partial charge in [0.15, 0.2) is 0 Å². The average Bonchev–Trinajstić information content (AvgIpc) is 2.33. The van der Waals surface area contributed by atoms with E-state index in [1.54, 1.807) is 0 Å². The molecule has 17 heavy (non-hydrogen) atoms. The number of rotatable bonds is 6. The molecule has 0 aromatic heterocycles. The van der Waals surface area contributed by atoms with Crippen LogP contribution in [0, 0.1) is 5.92 Å². The molecule has 0 aromatic rings. The molecule has 0 unspecified atom stereocenters. The molecule has 1 amide bonds. The smallest absolute Gasteiger partial charge is 0.220 e. The van der Waals surface area contributed by atoms with E-state index in [2.05, 4.69) is 12.2 Å². The number of carbonyl (C=O) groups is 1. The van der Waals surface area contributed by atoms with Crippen LogP contribution in [0.3, 0.4) is 0 Å². The van der Waals surface area contributed by atoms with E-state index >= 15 is 0 Å². The van der Waals surface area contributed by atoms with Crippen LogP contribution in [0.5, 0.6) is 0 Å². The Hall–Kier alpha value is -0.610. The summed E-state index contributed by atoms with van der Waals surface area (Å²) in [4.78, 5) is 11.7. The highest BCUT2D eigenvalue weighted by atomic mass is 16.3. The summed E-state index contributed by atoms with van der Waals surface area (Å²) in [7, 11) is 0. The van der Waals surface area contributed by atoms with Gasteiger partial charge in [-0.1, -0.05) is 6.92 Å². The van der Waals surface area contributed by atoms with E-state index in [0.29, 0.717) is 25.2 Å². The SMILES string of the molecule is CC1CCC(CO)(NC(=O)CCCCO)CC1. The monoisotopic (exact) mass is 243 g/mol. The molecule has 0 spiro atoms. The van der Waals surface area contributed by atoms with Gasteiger partial charge in [-0.15, -0.1) is 0 Å². The van der Waals surface area contributed by atoms with Gasteiger partial charge in [-0.2, -0.15) is 0 Å². The maximum absolute atomic E-state index is 11.7. The van der Waals surface area contributed by atoms with E-state index in [-0.39, 0.29) is 24.7 Å². The lowest BCUT2D eigenvalue weighted by atomic mass is 9.77. The highest BCUT2D eigenvalue weighted by Gasteiger charge is 2.34. The summed E-state index contributed by atoms with van der Waals surface area (Å²) in [5.74, 6) is 0.697. The second-order valence-corrected chi connectivity index (χ2v) is 5.35. The fourth-order valence-corrected chi connectivity index (χ4v) is 2.39. The normalized spacial score (nSPS) is 29.0. The van der Waals surface area contributed by atoms with Gasteiger partial charge < -0.3 is 15.5 Å². The van der Waals surface area contributed by atoms with Crippen LogP contribution >= 0.6 is 0 Å². The van der Waals surface area contributed by atoms with Crippen molar-refractivity contribution in [2.24, 2.45) is 5.92 Å². The van der Waals surface area contributed by atoms with Crippen LogP contribution < -0.4 is 5.32 Å². The molecular weight excluding hydrogens is 218 g/mol. The first-order valence-corrected chi connectivity index (χ1v) is 6.64. The zero-order valence-electron chi connectivity index (χ0n) is 10.7. The molecule has 1 fully saturated rings. The Bertz CT molecular complexity index is 235. The van der Waals surface area contributed by atoms with Crippen LogP contribution in [0.2, 0.25) is 0 Å². The number of aliphatic hydroxyl groups excluding tert-OH is 2. The highest BCUT2D eigenvalue weighted by Crippen LogP contribution is 2.31. The first kappa shape index (κ1) is 14.5. The summed E-state index contributed by atoms with van der Waals surface area (Å²) in [6.45, 7) is 2.38. The number of nitrogens with one attached hydrogen (secondary N) is 1. The maximum atomic E-state index is 11.7. The lowest BCUT2D eigenvalue weighted by Gasteiger charge is -2.38. The van der Waals surface area contributed by atoms with Crippen molar-refractivity contribution in [2.75, 3.05) is 13.2 Å². The predicted molar refractivity (Wildman–Crippen MR) is 66.5 cm³/mol. The van der Waals surface area contributed by atoms with Crippen LogP contribution in [-0.4, -0.2) is 34.9 Å². The molecule has 1 aliphatic rings. The van der Waals surface area contributed by atoms with Crippen LogP contribution in [-0.2, 0) is 4.79 Å². The van der Waals surface area contributed by atoms with E-state index in [4.69, 9.17) is 5.11 Å². The molecule has 4 nitrogen and oxygen atoms in total. The minimum Gasteiger partial charge on any atom is -0.396 e. The summed E-state index contributed by atoms with van der Waals surface area (Å²) in [5, 5.41) is 21.1. The second kappa shape index (κ2) is 6.97. The standard InChI is InChI=1S/C13H25NO3/c1-11-5-7-13(10-16,8-6-11)14-12(17)4-2-3-9-15/h11,15-16H,2-10H2,1H3,(H,14,17). The topological polar surface area (TPSA) is 69.6 Å². The summed E-state index contributed by atoms with van der Waals surface area (Å²) in [6.07, 6.45) is 5.69. The first-order valence-electron chi connectivity index (χ1n) is 6.64. The number of carbonyl (C=O) groups excluding carboxylic acids is 1. The summed E-state index contributed by atoms with van der Waals surface area (Å²) >= 11 is 0. The largest absolute Gasteiger partial charge is 0.396 e. The number of hydrogen-bond donors (Lipinski definition) is 3. The Balaban J connectivity index is 2.37. The van der Waals surface area contributed by atoms with E-state index in [1.807, 2.05) is 0 Å². The van der Waals surface area contributed by atoms with Gasteiger partial charge in [0.05, 0.1) is 12.1 Å². The van der Waals surface area contributed by atoms with E-state index in [9.17, 15) is 9.90 Å². The minimum atomic E-state index is -0.386. The van der Waals surface area contributed by atoms with Crippen molar-refractivity contribution in [1.82, 2.24) is 5.32 Å². The lowest BCUT2D eigenvalue weighted by Crippen LogP contribution is -2.53. The average molecular weight is 243 g/mol. The second-order valence-electron chi connectivity index (χ2n) is 5.35. The number of unbranched alkanes of at least 4 members (excludes halogenated alkanes) is 1. The lowest BCUT2D eigenvalue weighted by molar-refractivity contribution is -0.124. The summed E-state index contributed by atoms with van der Waals surface area (Å²) < 4.78 is 0. The van der Waals surface area contributed by atoms with Crippen molar-refractivity contribution >= 4 is 5.91 Å². The molecule has 0 atom stereocenters. The van der Waals surface area contributed by atoms with Crippen molar-refractivity contribution in [3.05, 3.63) is 0 Å². The fourth-order valence-electron chi connectivity index (χ4n) is 2.39. The van der Waals surface area contributed by atoms with E-state index < -0.39 is 0 Å². The molecule has 0 saturated heterocycles. The third kappa shape index (κ3) is 4.64. The van der Waals surface area contributed by atoms with E-state index in [1.165, 1.54) is 0 Å². The molecule has 0 aliphatic heterocycles. The van der Waals surface area contributed by atoms with Gasteiger partial charge in [0, 0.05) is 13.0 Å². The van der Waals surface area contributed by atoms with Gasteiger partial charge in [0.25, 0.3) is 0 Å². The van der Waals surface area contributed by atoms with Gasteiger partial charge in [-0.3, -0.25) is 4.79 Å². The number of aliphatic hydroxyl groups is 2. The number of hydrogen-bond acceptors (Lipinski definition) is 3. The van der Waals surface area contributed by atoms with Crippen LogP contribution in [0.4, 0.5) is 0 Å². The third-order valence-corrected chi connectivity index (χ3v) is 3.75. The molecule has 3 N–H and O–H groups in total. The number of amides is 1. The Kier molecular flexibility index (Phi) is 5.92. The van der Waals surface area contributed by atoms with Crippen molar-refractivity contribution in [3.63, 3.8) is 0 Å². The zero-order chi connectivity index (χ0) is 12.7. The molecule has 0 bridgehead atoms. The Morgan fingerprint density at radius 3 is 2.47 bits per heavy atom. The van der Waals surface area contributed by atoms with Gasteiger partial charge in [-0.05, 0) is 44.4 Å². The third-order valence-electron chi connectivity index (χ3n) is 3.75. The minimum absolute atomic E-state index is 0.00190. The van der Waals surface area contributed by atoms with E-state index in [0.717, 1.165) is 25.7 Å². The van der Waals surface area contributed by atoms with Gasteiger partial charge in [0.2, 0.25) is 5.91 Å². The van der Waals surface area contributed by atoms with Crippen LogP contribution in [0.25, 0.3) is 0 Å². The van der Waals surface area contributed by atoms with Crippen LogP contribution in [0.1, 0.15) is 51.9 Å². The van der Waals surface area contributed by atoms with Crippen molar-refractivity contribution in [3.8, 4) is 0 Å². The molecular formula is C13H25NO3. The van der Waals surface area contributed by atoms with Gasteiger partial charge >= 0.3 is 0 Å². The van der Waals surface area contributed by atoms with Gasteiger partial charge in [-0.25, -0.2) is 0 Å². The molecule has 4 heteroatoms. The quantitative estimate of drug-likeness (QED) is 0.614. The zero-order valence-corrected chi connectivity index (χ0v) is 10.7. The molecule has 1 rings (SSSR count). The van der Waals surface area contributed by atoms with Gasteiger partial charge in [0.1, 0.15) is 0 Å².